The van der Waals surface area contributed by atoms with Gasteiger partial charge in [0.2, 0.25) is 10.0 Å². The number of piperazine rings is 1. The summed E-state index contributed by atoms with van der Waals surface area (Å²) in [6, 6.07) is 12.7. The van der Waals surface area contributed by atoms with E-state index in [1.165, 1.54) is 17.7 Å². The van der Waals surface area contributed by atoms with Gasteiger partial charge in [-0.25, -0.2) is 8.42 Å². The summed E-state index contributed by atoms with van der Waals surface area (Å²) in [4.78, 5) is 17.3. The summed E-state index contributed by atoms with van der Waals surface area (Å²) in [6.07, 6.45) is 1.03. The van der Waals surface area contributed by atoms with Crippen molar-refractivity contribution in [3.63, 3.8) is 0 Å². The van der Waals surface area contributed by atoms with Crippen LogP contribution in [0.5, 0.6) is 0 Å². The molecule has 0 bridgehead atoms. The standard InChI is InChI=1S/C21H27ClN4O3S/c1-25-8-10-26(11-9-25)15-17-5-3-4-16(12-17)14-23-21(27)18-6-7-19(22)20(13-18)24-30(2,28)29/h3-7,12-13,24H,8-11,14-15H2,1-2H3,(H,23,27). The predicted molar refractivity (Wildman–Crippen MR) is 120 cm³/mol. The first-order chi connectivity index (χ1) is 14.2. The fourth-order valence-corrected chi connectivity index (χ4v) is 4.12. The monoisotopic (exact) mass is 450 g/mol. The van der Waals surface area contributed by atoms with Crippen LogP contribution in [-0.4, -0.2) is 63.6 Å². The molecule has 1 saturated heterocycles. The lowest BCUT2D eigenvalue weighted by molar-refractivity contribution is 0.0951. The maximum Gasteiger partial charge on any atom is 0.251 e. The van der Waals surface area contributed by atoms with E-state index in [1.54, 1.807) is 6.07 Å². The number of benzene rings is 2. The van der Waals surface area contributed by atoms with Crippen molar-refractivity contribution in [3.05, 3.63) is 64.2 Å². The molecule has 0 spiro atoms. The molecule has 0 atom stereocenters. The van der Waals surface area contributed by atoms with Crippen molar-refractivity contribution >= 4 is 33.2 Å². The Bertz CT molecular complexity index is 1010. The van der Waals surface area contributed by atoms with E-state index in [1.807, 2.05) is 12.1 Å². The van der Waals surface area contributed by atoms with Crippen LogP contribution in [0.3, 0.4) is 0 Å². The fraction of sp³-hybridized carbons (Fsp3) is 0.381. The lowest BCUT2D eigenvalue weighted by Crippen LogP contribution is -2.43. The van der Waals surface area contributed by atoms with E-state index in [9.17, 15) is 13.2 Å². The van der Waals surface area contributed by atoms with Crippen LogP contribution in [-0.2, 0) is 23.1 Å². The summed E-state index contributed by atoms with van der Waals surface area (Å²) in [5.41, 5.74) is 2.75. The number of likely N-dealkylation sites (N-methyl/N-ethyl adjacent to an activating group) is 1. The number of sulfonamides is 1. The lowest BCUT2D eigenvalue weighted by atomic mass is 10.1. The van der Waals surface area contributed by atoms with Crippen molar-refractivity contribution in [1.82, 2.24) is 15.1 Å². The summed E-state index contributed by atoms with van der Waals surface area (Å²) < 4.78 is 25.2. The summed E-state index contributed by atoms with van der Waals surface area (Å²) in [7, 11) is -1.35. The van der Waals surface area contributed by atoms with Gasteiger partial charge in [0, 0.05) is 44.8 Å². The first-order valence-corrected chi connectivity index (χ1v) is 12.0. The molecule has 9 heteroatoms. The molecule has 0 saturated carbocycles. The van der Waals surface area contributed by atoms with Gasteiger partial charge in [0.15, 0.2) is 0 Å². The second kappa shape index (κ2) is 9.78. The minimum Gasteiger partial charge on any atom is -0.348 e. The molecule has 1 fully saturated rings. The van der Waals surface area contributed by atoms with E-state index in [0.717, 1.165) is 44.5 Å². The molecule has 1 aliphatic rings. The fourth-order valence-electron chi connectivity index (χ4n) is 3.33. The maximum absolute atomic E-state index is 12.5. The summed E-state index contributed by atoms with van der Waals surface area (Å²) >= 11 is 6.02. The van der Waals surface area contributed by atoms with Crippen LogP contribution >= 0.6 is 11.6 Å². The van der Waals surface area contributed by atoms with Crippen molar-refractivity contribution in [3.8, 4) is 0 Å². The number of carbonyl (C=O) groups is 1. The molecule has 162 valence electrons. The molecular weight excluding hydrogens is 424 g/mol. The van der Waals surface area contributed by atoms with Gasteiger partial charge in [0.1, 0.15) is 0 Å². The summed E-state index contributed by atoms with van der Waals surface area (Å²) in [5, 5.41) is 3.11. The first-order valence-electron chi connectivity index (χ1n) is 9.74. The van der Waals surface area contributed by atoms with Crippen molar-refractivity contribution in [2.24, 2.45) is 0 Å². The van der Waals surface area contributed by atoms with E-state index in [2.05, 4.69) is 39.0 Å². The Morgan fingerprint density at radius 3 is 2.47 bits per heavy atom. The largest absolute Gasteiger partial charge is 0.348 e. The average Bonchev–Trinajstić information content (AvgIpc) is 2.69. The van der Waals surface area contributed by atoms with Crippen molar-refractivity contribution in [1.29, 1.82) is 0 Å². The highest BCUT2D eigenvalue weighted by atomic mass is 35.5. The second-order valence-electron chi connectivity index (χ2n) is 7.65. The molecule has 1 heterocycles. The summed E-state index contributed by atoms with van der Waals surface area (Å²) in [6.45, 7) is 5.54. The van der Waals surface area contributed by atoms with Crippen molar-refractivity contribution < 1.29 is 13.2 Å². The molecule has 7 nitrogen and oxygen atoms in total. The number of hydrogen-bond donors (Lipinski definition) is 2. The van der Waals surface area contributed by atoms with Gasteiger partial charge in [0.25, 0.3) is 5.91 Å². The zero-order valence-corrected chi connectivity index (χ0v) is 18.8. The second-order valence-corrected chi connectivity index (χ2v) is 9.81. The van der Waals surface area contributed by atoms with Gasteiger partial charge in [0.05, 0.1) is 17.0 Å². The van der Waals surface area contributed by atoms with Crippen LogP contribution in [0.2, 0.25) is 5.02 Å². The smallest absolute Gasteiger partial charge is 0.251 e. The lowest BCUT2D eigenvalue weighted by Gasteiger charge is -2.32. The van der Waals surface area contributed by atoms with Gasteiger partial charge in [-0.15, -0.1) is 0 Å². The Kier molecular flexibility index (Phi) is 7.36. The zero-order valence-electron chi connectivity index (χ0n) is 17.2. The number of halogens is 1. The molecular formula is C21H27ClN4O3S. The highest BCUT2D eigenvalue weighted by Crippen LogP contribution is 2.24. The average molecular weight is 451 g/mol. The SMILES string of the molecule is CN1CCN(Cc2cccc(CNC(=O)c3ccc(Cl)c(NS(C)(=O)=O)c3)c2)CC1. The van der Waals surface area contributed by atoms with Gasteiger partial charge in [-0.3, -0.25) is 14.4 Å². The van der Waals surface area contributed by atoms with Gasteiger partial charge in [-0.1, -0.05) is 35.9 Å². The topological polar surface area (TPSA) is 81.8 Å². The highest BCUT2D eigenvalue weighted by molar-refractivity contribution is 7.92. The van der Waals surface area contributed by atoms with Gasteiger partial charge in [-0.05, 0) is 36.4 Å². The van der Waals surface area contributed by atoms with E-state index in [0.29, 0.717) is 12.1 Å². The van der Waals surface area contributed by atoms with Crippen LogP contribution in [0, 0.1) is 0 Å². The van der Waals surface area contributed by atoms with Crippen LogP contribution in [0.25, 0.3) is 0 Å². The molecule has 2 aromatic rings. The number of carbonyl (C=O) groups excluding carboxylic acids is 1. The van der Waals surface area contributed by atoms with E-state index in [4.69, 9.17) is 11.6 Å². The number of nitrogens with zero attached hydrogens (tertiary/aromatic N) is 2. The van der Waals surface area contributed by atoms with Crippen molar-refractivity contribution in [2.45, 2.75) is 13.1 Å². The molecule has 3 rings (SSSR count). The minimum absolute atomic E-state index is 0.181. The third-order valence-corrected chi connectivity index (χ3v) is 5.89. The molecule has 0 unspecified atom stereocenters. The Balaban J connectivity index is 1.60. The molecule has 1 amide bonds. The summed E-state index contributed by atoms with van der Waals surface area (Å²) in [5.74, 6) is -0.298. The third kappa shape index (κ3) is 6.70. The Hall–Kier alpha value is -2.13. The number of anilines is 1. The zero-order chi connectivity index (χ0) is 21.7. The quantitative estimate of drug-likeness (QED) is 0.676. The number of rotatable bonds is 7. The first kappa shape index (κ1) is 22.6. The van der Waals surface area contributed by atoms with Crippen LogP contribution in [0.1, 0.15) is 21.5 Å². The molecule has 0 radical (unpaired) electrons. The van der Waals surface area contributed by atoms with Crippen LogP contribution in [0.4, 0.5) is 5.69 Å². The van der Waals surface area contributed by atoms with E-state index >= 15 is 0 Å². The van der Waals surface area contributed by atoms with Crippen molar-refractivity contribution in [2.75, 3.05) is 44.2 Å². The predicted octanol–water partition coefficient (Wildman–Crippen LogP) is 2.39. The van der Waals surface area contributed by atoms with E-state index < -0.39 is 10.0 Å². The third-order valence-electron chi connectivity index (χ3n) is 4.97. The number of amides is 1. The Morgan fingerprint density at radius 1 is 1.07 bits per heavy atom. The molecule has 2 N–H and O–H groups in total. The number of nitrogens with one attached hydrogen (secondary N) is 2. The number of hydrogen-bond acceptors (Lipinski definition) is 5. The van der Waals surface area contributed by atoms with Crippen LogP contribution in [0.15, 0.2) is 42.5 Å². The van der Waals surface area contributed by atoms with Gasteiger partial charge in [-0.2, -0.15) is 0 Å². The Labute approximate surface area is 183 Å². The molecule has 2 aromatic carbocycles. The van der Waals surface area contributed by atoms with Gasteiger partial charge < -0.3 is 10.2 Å². The molecule has 30 heavy (non-hydrogen) atoms. The molecule has 0 aromatic heterocycles. The molecule has 0 aliphatic carbocycles. The maximum atomic E-state index is 12.5. The minimum atomic E-state index is -3.49. The highest BCUT2D eigenvalue weighted by Gasteiger charge is 2.14. The van der Waals surface area contributed by atoms with Gasteiger partial charge >= 0.3 is 0 Å². The normalized spacial score (nSPS) is 15.7. The molecule has 1 aliphatic heterocycles. The van der Waals surface area contributed by atoms with Crippen LogP contribution < -0.4 is 10.0 Å². The Morgan fingerprint density at radius 2 is 1.77 bits per heavy atom. The van der Waals surface area contributed by atoms with E-state index in [-0.39, 0.29) is 16.6 Å².